The van der Waals surface area contributed by atoms with Crippen molar-refractivity contribution in [2.75, 3.05) is 39.4 Å². The van der Waals surface area contributed by atoms with Crippen molar-refractivity contribution < 1.29 is 23.5 Å². The smallest absolute Gasteiger partial charge is 0.409 e. The monoisotopic (exact) mass is 440 g/mol. The van der Waals surface area contributed by atoms with Gasteiger partial charge in [-0.2, -0.15) is 0 Å². The van der Waals surface area contributed by atoms with Crippen molar-refractivity contribution in [3.8, 4) is 5.75 Å². The molecule has 172 valence electrons. The first kappa shape index (κ1) is 22.2. The molecule has 2 amide bonds. The number of carbonyl (C=O) groups is 2. The van der Waals surface area contributed by atoms with E-state index in [1.165, 1.54) is 12.0 Å². The Kier molecular flexibility index (Phi) is 6.72. The molecule has 2 heterocycles. The van der Waals surface area contributed by atoms with Gasteiger partial charge >= 0.3 is 6.09 Å². The lowest BCUT2D eigenvalue weighted by atomic mass is 9.94. The molecule has 1 saturated heterocycles. The normalized spacial score (nSPS) is 16.8. The molecule has 0 unspecified atom stereocenters. The molecule has 7 nitrogen and oxygen atoms in total. The fraction of sp³-hybridized carbons (Fsp3) is 0.520. The SMILES string of the molecule is CCOC(=O)N1CCN(C(=O)/C=C(\C)c2cc3c4c(oc3cc2OCC)CCCC4)CC1. The Bertz CT molecular complexity index is 1030. The number of fused-ring (bicyclic) bond motifs is 3. The van der Waals surface area contributed by atoms with Gasteiger partial charge in [-0.05, 0) is 51.7 Å². The van der Waals surface area contributed by atoms with Gasteiger partial charge in [0.1, 0.15) is 17.1 Å². The standard InChI is InChI=1S/C25H32N2O5/c1-4-30-22-16-23-20(18-8-6-7-9-21(18)32-23)15-19(22)17(3)14-24(28)26-10-12-27(13-11-26)25(29)31-5-2/h14-16H,4-13H2,1-3H3/b17-14+. The van der Waals surface area contributed by atoms with E-state index >= 15 is 0 Å². The van der Waals surface area contributed by atoms with Crippen LogP contribution in [0.3, 0.4) is 0 Å². The van der Waals surface area contributed by atoms with Crippen LogP contribution in [0.1, 0.15) is 50.5 Å². The van der Waals surface area contributed by atoms with Crippen LogP contribution in [0.25, 0.3) is 16.5 Å². The number of piperazine rings is 1. The van der Waals surface area contributed by atoms with Gasteiger partial charge in [-0.3, -0.25) is 4.79 Å². The Morgan fingerprint density at radius 3 is 2.47 bits per heavy atom. The maximum atomic E-state index is 13.0. The average Bonchev–Trinajstić information content (AvgIpc) is 3.16. The second-order valence-corrected chi connectivity index (χ2v) is 8.33. The van der Waals surface area contributed by atoms with Gasteiger partial charge in [-0.25, -0.2) is 4.79 Å². The zero-order valence-corrected chi connectivity index (χ0v) is 19.2. The van der Waals surface area contributed by atoms with Crippen molar-refractivity contribution in [1.29, 1.82) is 0 Å². The van der Waals surface area contributed by atoms with Crippen LogP contribution in [0.5, 0.6) is 5.75 Å². The number of carbonyl (C=O) groups excluding carboxylic acids is 2. The van der Waals surface area contributed by atoms with Gasteiger partial charge in [-0.1, -0.05) is 0 Å². The first-order chi connectivity index (χ1) is 15.5. The van der Waals surface area contributed by atoms with E-state index in [2.05, 4.69) is 6.07 Å². The second kappa shape index (κ2) is 9.67. The highest BCUT2D eigenvalue weighted by Gasteiger charge is 2.25. The van der Waals surface area contributed by atoms with Crippen molar-refractivity contribution in [1.82, 2.24) is 9.80 Å². The summed E-state index contributed by atoms with van der Waals surface area (Å²) >= 11 is 0. The molecule has 0 bridgehead atoms. The van der Waals surface area contributed by atoms with Crippen molar-refractivity contribution in [2.45, 2.75) is 46.5 Å². The quantitative estimate of drug-likeness (QED) is 0.644. The van der Waals surface area contributed by atoms with E-state index in [4.69, 9.17) is 13.9 Å². The van der Waals surface area contributed by atoms with E-state index in [1.807, 2.05) is 19.9 Å². The van der Waals surface area contributed by atoms with Crippen LogP contribution in [-0.4, -0.2) is 61.2 Å². The zero-order valence-electron chi connectivity index (χ0n) is 19.2. The lowest BCUT2D eigenvalue weighted by molar-refractivity contribution is -0.127. The summed E-state index contributed by atoms with van der Waals surface area (Å²) in [6, 6.07) is 4.08. The Labute approximate surface area is 188 Å². The lowest BCUT2D eigenvalue weighted by Crippen LogP contribution is -2.50. The number of amides is 2. The molecular formula is C25H32N2O5. The Balaban J connectivity index is 1.55. The highest BCUT2D eigenvalue weighted by Crippen LogP contribution is 2.38. The predicted molar refractivity (Wildman–Crippen MR) is 123 cm³/mol. The Morgan fingerprint density at radius 1 is 1.03 bits per heavy atom. The van der Waals surface area contributed by atoms with Gasteiger partial charge in [0.2, 0.25) is 5.91 Å². The number of furan rings is 1. The topological polar surface area (TPSA) is 72.2 Å². The third-order valence-electron chi connectivity index (χ3n) is 6.24. The molecule has 0 saturated carbocycles. The molecule has 2 aliphatic rings. The lowest BCUT2D eigenvalue weighted by Gasteiger charge is -2.33. The van der Waals surface area contributed by atoms with Gasteiger partial charge in [0.25, 0.3) is 0 Å². The molecule has 1 fully saturated rings. The fourth-order valence-corrected chi connectivity index (χ4v) is 4.55. The van der Waals surface area contributed by atoms with Gasteiger partial charge in [0, 0.05) is 61.3 Å². The number of benzene rings is 1. The largest absolute Gasteiger partial charge is 0.493 e. The van der Waals surface area contributed by atoms with E-state index in [1.54, 1.807) is 22.8 Å². The zero-order chi connectivity index (χ0) is 22.7. The predicted octanol–water partition coefficient (Wildman–Crippen LogP) is 4.41. The maximum absolute atomic E-state index is 13.0. The molecule has 0 N–H and O–H groups in total. The van der Waals surface area contributed by atoms with Crippen LogP contribution in [0.15, 0.2) is 22.6 Å². The van der Waals surface area contributed by atoms with Crippen LogP contribution in [0, 0.1) is 0 Å². The third-order valence-corrected chi connectivity index (χ3v) is 6.24. The van der Waals surface area contributed by atoms with E-state index < -0.39 is 0 Å². The molecule has 1 aliphatic carbocycles. The van der Waals surface area contributed by atoms with Crippen LogP contribution in [0.4, 0.5) is 4.79 Å². The van der Waals surface area contributed by atoms with E-state index in [0.717, 1.165) is 52.9 Å². The number of hydrogen-bond acceptors (Lipinski definition) is 5. The molecule has 0 atom stereocenters. The number of allylic oxidation sites excluding steroid dienone is 1. The number of aryl methyl sites for hydroxylation is 2. The van der Waals surface area contributed by atoms with E-state index in [9.17, 15) is 9.59 Å². The van der Waals surface area contributed by atoms with Crippen molar-refractivity contribution in [3.63, 3.8) is 0 Å². The van der Waals surface area contributed by atoms with Crippen molar-refractivity contribution in [3.05, 3.63) is 35.1 Å². The molecule has 1 aromatic heterocycles. The maximum Gasteiger partial charge on any atom is 0.409 e. The summed E-state index contributed by atoms with van der Waals surface area (Å²) in [5.41, 5.74) is 3.94. The van der Waals surface area contributed by atoms with E-state index in [0.29, 0.717) is 39.4 Å². The summed E-state index contributed by atoms with van der Waals surface area (Å²) < 4.78 is 17.1. The van der Waals surface area contributed by atoms with Crippen LogP contribution in [0.2, 0.25) is 0 Å². The van der Waals surface area contributed by atoms with Crippen LogP contribution in [-0.2, 0) is 22.4 Å². The van der Waals surface area contributed by atoms with E-state index in [-0.39, 0.29) is 12.0 Å². The molecule has 1 aromatic carbocycles. The number of rotatable bonds is 5. The second-order valence-electron chi connectivity index (χ2n) is 8.33. The summed E-state index contributed by atoms with van der Waals surface area (Å²) in [6.45, 7) is 8.53. The highest BCUT2D eigenvalue weighted by molar-refractivity contribution is 5.97. The minimum absolute atomic E-state index is 0.0530. The molecule has 7 heteroatoms. The number of hydrogen-bond donors (Lipinski definition) is 0. The van der Waals surface area contributed by atoms with Crippen LogP contribution >= 0.6 is 0 Å². The van der Waals surface area contributed by atoms with Crippen molar-refractivity contribution >= 4 is 28.5 Å². The first-order valence-corrected chi connectivity index (χ1v) is 11.6. The van der Waals surface area contributed by atoms with Gasteiger partial charge in [0.05, 0.1) is 13.2 Å². The number of ether oxygens (including phenoxy) is 2. The van der Waals surface area contributed by atoms with Gasteiger partial charge < -0.3 is 23.7 Å². The van der Waals surface area contributed by atoms with Gasteiger partial charge in [-0.15, -0.1) is 0 Å². The summed E-state index contributed by atoms with van der Waals surface area (Å²) in [6.07, 6.45) is 5.71. The van der Waals surface area contributed by atoms with Gasteiger partial charge in [0.15, 0.2) is 0 Å². The summed E-state index contributed by atoms with van der Waals surface area (Å²) in [7, 11) is 0. The molecule has 4 rings (SSSR count). The Hall–Kier alpha value is -2.96. The van der Waals surface area contributed by atoms with Crippen LogP contribution < -0.4 is 4.74 Å². The minimum Gasteiger partial charge on any atom is -0.493 e. The average molecular weight is 441 g/mol. The number of nitrogens with zero attached hydrogens (tertiary/aromatic N) is 2. The molecule has 2 aromatic rings. The summed E-state index contributed by atoms with van der Waals surface area (Å²) in [5.74, 6) is 1.77. The molecule has 0 spiro atoms. The summed E-state index contributed by atoms with van der Waals surface area (Å²) in [4.78, 5) is 28.3. The molecule has 32 heavy (non-hydrogen) atoms. The Morgan fingerprint density at radius 2 is 1.75 bits per heavy atom. The molecule has 1 aliphatic heterocycles. The molecular weight excluding hydrogens is 408 g/mol. The minimum atomic E-state index is -0.315. The first-order valence-electron chi connectivity index (χ1n) is 11.6. The highest BCUT2D eigenvalue weighted by atomic mass is 16.6. The van der Waals surface area contributed by atoms with Crippen molar-refractivity contribution in [2.24, 2.45) is 0 Å². The third kappa shape index (κ3) is 4.47. The summed E-state index contributed by atoms with van der Waals surface area (Å²) in [5, 5.41) is 1.13. The fourth-order valence-electron chi connectivity index (χ4n) is 4.55. The molecule has 0 radical (unpaired) electrons.